The van der Waals surface area contributed by atoms with Crippen LogP contribution in [-0.4, -0.2) is 39.8 Å². The Morgan fingerprint density at radius 1 is 1.33 bits per heavy atom. The number of pyridine rings is 1. The number of hydrogen-bond donors (Lipinski definition) is 1. The molecule has 1 fully saturated rings. The topological polar surface area (TPSA) is 62.3 Å². The van der Waals surface area contributed by atoms with Gasteiger partial charge in [-0.05, 0) is 37.8 Å². The first-order chi connectivity index (χ1) is 10.0. The fourth-order valence-corrected chi connectivity index (χ4v) is 2.81. The third kappa shape index (κ3) is 2.91. The first-order valence-corrected chi connectivity index (χ1v) is 7.56. The number of amides is 2. The van der Waals surface area contributed by atoms with Gasteiger partial charge in [0.25, 0.3) is 0 Å². The normalized spacial score (nSPS) is 21.3. The second-order valence-electron chi connectivity index (χ2n) is 5.56. The Morgan fingerprint density at radius 2 is 2.05 bits per heavy atom. The number of rotatable bonds is 5. The molecule has 1 unspecified atom stereocenters. The van der Waals surface area contributed by atoms with Crippen LogP contribution in [0.15, 0.2) is 24.5 Å². The molecule has 21 heavy (non-hydrogen) atoms. The van der Waals surface area contributed by atoms with Gasteiger partial charge in [0.05, 0.1) is 0 Å². The van der Waals surface area contributed by atoms with E-state index in [-0.39, 0.29) is 11.8 Å². The summed E-state index contributed by atoms with van der Waals surface area (Å²) in [6.45, 7) is 6.21. The molecule has 5 nitrogen and oxygen atoms in total. The monoisotopic (exact) mass is 289 g/mol. The van der Waals surface area contributed by atoms with E-state index in [1.807, 2.05) is 26.0 Å². The van der Waals surface area contributed by atoms with Gasteiger partial charge in [-0.25, -0.2) is 0 Å². The van der Waals surface area contributed by atoms with Gasteiger partial charge in [0.1, 0.15) is 11.6 Å². The number of piperazine rings is 1. The van der Waals surface area contributed by atoms with Crippen LogP contribution < -0.4 is 5.32 Å². The van der Waals surface area contributed by atoms with E-state index in [4.69, 9.17) is 0 Å². The van der Waals surface area contributed by atoms with Crippen molar-refractivity contribution in [2.45, 2.75) is 51.6 Å². The Bertz CT molecular complexity index is 512. The molecule has 0 aliphatic carbocycles. The number of nitrogens with one attached hydrogen (secondary N) is 1. The molecule has 114 valence electrons. The summed E-state index contributed by atoms with van der Waals surface area (Å²) in [6, 6.07) is 3.45. The van der Waals surface area contributed by atoms with E-state index in [2.05, 4.69) is 10.3 Å². The highest BCUT2D eigenvalue weighted by Gasteiger charge is 2.46. The molecule has 1 aromatic rings. The number of hydrogen-bond acceptors (Lipinski definition) is 3. The summed E-state index contributed by atoms with van der Waals surface area (Å²) in [5.74, 6) is -0.0343. The Labute approximate surface area is 125 Å². The van der Waals surface area contributed by atoms with Crippen LogP contribution in [0.4, 0.5) is 0 Å². The number of carbonyl (C=O) groups excluding carboxylic acids is 2. The molecule has 1 aliphatic heterocycles. The molecule has 0 saturated carbocycles. The van der Waals surface area contributed by atoms with Gasteiger partial charge in [-0.1, -0.05) is 19.9 Å². The van der Waals surface area contributed by atoms with E-state index in [1.54, 1.807) is 24.2 Å². The molecular weight excluding hydrogens is 266 g/mol. The van der Waals surface area contributed by atoms with Crippen molar-refractivity contribution in [2.75, 3.05) is 6.54 Å². The summed E-state index contributed by atoms with van der Waals surface area (Å²) in [7, 11) is 0. The minimum absolute atomic E-state index is 0.0310. The molecule has 1 saturated heterocycles. The largest absolute Gasteiger partial charge is 0.340 e. The van der Waals surface area contributed by atoms with E-state index in [1.165, 1.54) is 0 Å². The lowest BCUT2D eigenvalue weighted by atomic mass is 9.87. The predicted octanol–water partition coefficient (Wildman–Crippen LogP) is 1.53. The van der Waals surface area contributed by atoms with E-state index >= 15 is 0 Å². The average molecular weight is 289 g/mol. The maximum atomic E-state index is 12.8. The lowest BCUT2D eigenvalue weighted by Gasteiger charge is -2.44. The lowest BCUT2D eigenvalue weighted by Crippen LogP contribution is -2.69. The van der Waals surface area contributed by atoms with Gasteiger partial charge < -0.3 is 10.2 Å². The minimum Gasteiger partial charge on any atom is -0.340 e. The Morgan fingerprint density at radius 3 is 2.62 bits per heavy atom. The highest BCUT2D eigenvalue weighted by Crippen LogP contribution is 2.25. The highest BCUT2D eigenvalue weighted by molar-refractivity contribution is 5.99. The fourth-order valence-electron chi connectivity index (χ4n) is 2.81. The van der Waals surface area contributed by atoms with Crippen molar-refractivity contribution >= 4 is 11.8 Å². The van der Waals surface area contributed by atoms with Crippen LogP contribution in [0.3, 0.4) is 0 Å². The van der Waals surface area contributed by atoms with Crippen LogP contribution in [0.25, 0.3) is 0 Å². The summed E-state index contributed by atoms with van der Waals surface area (Å²) < 4.78 is 0. The zero-order chi connectivity index (χ0) is 15.5. The Hall–Kier alpha value is -1.91. The minimum atomic E-state index is -0.738. The molecule has 1 aliphatic rings. The molecule has 0 aromatic carbocycles. The van der Waals surface area contributed by atoms with Crippen LogP contribution >= 0.6 is 0 Å². The molecule has 0 spiro atoms. The molecule has 1 atom stereocenters. The fraction of sp³-hybridized carbons (Fsp3) is 0.562. The van der Waals surface area contributed by atoms with Gasteiger partial charge >= 0.3 is 0 Å². The smallest absolute Gasteiger partial charge is 0.248 e. The second-order valence-corrected chi connectivity index (χ2v) is 5.56. The van der Waals surface area contributed by atoms with Crippen LogP contribution in [-0.2, 0) is 16.0 Å². The standard InChI is InChI=1S/C16H23N3O2/c1-4-16(5-2)15(21)19(12(3)14(20)18-16)10-8-13-7-6-9-17-11-13/h6-7,9,11-12H,4-5,8,10H2,1-3H3,(H,18,20). The second kappa shape index (κ2) is 6.24. The number of aromatic nitrogens is 1. The van der Waals surface area contributed by atoms with Gasteiger partial charge in [0.2, 0.25) is 11.8 Å². The van der Waals surface area contributed by atoms with E-state index < -0.39 is 11.6 Å². The number of carbonyl (C=O) groups is 2. The van der Waals surface area contributed by atoms with Gasteiger partial charge in [-0.15, -0.1) is 0 Å². The first-order valence-electron chi connectivity index (χ1n) is 7.56. The average Bonchev–Trinajstić information content (AvgIpc) is 2.52. The van der Waals surface area contributed by atoms with Crippen LogP contribution in [0.2, 0.25) is 0 Å². The molecule has 1 aromatic heterocycles. The third-order valence-electron chi connectivity index (χ3n) is 4.45. The summed E-state index contributed by atoms with van der Waals surface area (Å²) >= 11 is 0. The maximum absolute atomic E-state index is 12.8. The maximum Gasteiger partial charge on any atom is 0.248 e. The van der Waals surface area contributed by atoms with Gasteiger partial charge in [-0.3, -0.25) is 14.6 Å². The predicted molar refractivity (Wildman–Crippen MR) is 80.6 cm³/mol. The summed E-state index contributed by atoms with van der Waals surface area (Å²) in [4.78, 5) is 30.7. The van der Waals surface area contributed by atoms with Crippen molar-refractivity contribution in [3.63, 3.8) is 0 Å². The van der Waals surface area contributed by atoms with E-state index in [0.717, 1.165) is 5.56 Å². The SMILES string of the molecule is CCC1(CC)NC(=O)C(C)N(CCc2cccnc2)C1=O. The number of nitrogens with zero attached hydrogens (tertiary/aromatic N) is 2. The van der Waals surface area contributed by atoms with Crippen LogP contribution in [0.1, 0.15) is 39.2 Å². The van der Waals surface area contributed by atoms with Gasteiger partial charge in [-0.2, -0.15) is 0 Å². The van der Waals surface area contributed by atoms with E-state index in [0.29, 0.717) is 25.8 Å². The zero-order valence-corrected chi connectivity index (χ0v) is 12.9. The zero-order valence-electron chi connectivity index (χ0n) is 12.9. The van der Waals surface area contributed by atoms with Crippen molar-refractivity contribution < 1.29 is 9.59 Å². The van der Waals surface area contributed by atoms with Crippen molar-refractivity contribution in [1.29, 1.82) is 0 Å². The molecule has 2 amide bonds. The lowest BCUT2D eigenvalue weighted by molar-refractivity contribution is -0.154. The van der Waals surface area contributed by atoms with Crippen molar-refractivity contribution in [3.05, 3.63) is 30.1 Å². The van der Waals surface area contributed by atoms with Crippen molar-refractivity contribution in [3.8, 4) is 0 Å². The van der Waals surface area contributed by atoms with Gasteiger partial charge in [0.15, 0.2) is 0 Å². The van der Waals surface area contributed by atoms with Crippen LogP contribution in [0.5, 0.6) is 0 Å². The first kappa shape index (κ1) is 15.5. The van der Waals surface area contributed by atoms with Gasteiger partial charge in [0, 0.05) is 18.9 Å². The third-order valence-corrected chi connectivity index (χ3v) is 4.45. The summed E-state index contributed by atoms with van der Waals surface area (Å²) in [5, 5.41) is 2.91. The Kier molecular flexibility index (Phi) is 4.60. The van der Waals surface area contributed by atoms with Crippen molar-refractivity contribution in [1.82, 2.24) is 15.2 Å². The summed E-state index contributed by atoms with van der Waals surface area (Å²) in [5.41, 5.74) is 0.334. The molecule has 1 N–H and O–H groups in total. The van der Waals surface area contributed by atoms with E-state index in [9.17, 15) is 9.59 Å². The molecule has 2 rings (SSSR count). The molecule has 5 heteroatoms. The summed E-state index contributed by atoms with van der Waals surface area (Å²) in [6.07, 6.45) is 5.46. The molecular formula is C16H23N3O2. The van der Waals surface area contributed by atoms with Crippen molar-refractivity contribution in [2.24, 2.45) is 0 Å². The Balaban J connectivity index is 2.15. The molecule has 0 bridgehead atoms. The quantitative estimate of drug-likeness (QED) is 0.894. The highest BCUT2D eigenvalue weighted by atomic mass is 16.2. The molecule has 2 heterocycles. The van der Waals surface area contributed by atoms with Crippen LogP contribution in [0, 0.1) is 0 Å². The molecule has 0 radical (unpaired) electrons.